The van der Waals surface area contributed by atoms with Crippen LogP contribution in [0.4, 0.5) is 5.69 Å². The zero-order chi connectivity index (χ0) is 23.5. The normalized spacial score (nSPS) is 15.2. The van der Waals surface area contributed by atoms with Crippen LogP contribution in [0.2, 0.25) is 0 Å². The first-order valence-electron chi connectivity index (χ1n) is 9.90. The molecule has 0 aliphatic carbocycles. The largest absolute Gasteiger partial charge is 0.493 e. The minimum Gasteiger partial charge on any atom is -0.493 e. The van der Waals surface area contributed by atoms with Gasteiger partial charge in [-0.3, -0.25) is 10.1 Å². The lowest BCUT2D eigenvalue weighted by Crippen LogP contribution is -2.19. The summed E-state index contributed by atoms with van der Waals surface area (Å²) in [6, 6.07) is 16.9. The highest BCUT2D eigenvalue weighted by molar-refractivity contribution is 5.94. The van der Waals surface area contributed by atoms with E-state index in [1.54, 1.807) is 42.5 Å². The van der Waals surface area contributed by atoms with E-state index in [0.29, 0.717) is 28.2 Å². The molecule has 0 amide bonds. The maximum absolute atomic E-state index is 12.9. The smallest absolute Gasteiger partial charge is 0.339 e. The number of nitro groups is 1. The third kappa shape index (κ3) is 4.20. The summed E-state index contributed by atoms with van der Waals surface area (Å²) in [7, 11) is 2.98. The van der Waals surface area contributed by atoms with Crippen molar-refractivity contribution < 1.29 is 33.5 Å². The summed E-state index contributed by atoms with van der Waals surface area (Å²) in [5.41, 5.74) is 1.45. The molecule has 3 aromatic rings. The second kappa shape index (κ2) is 8.99. The van der Waals surface area contributed by atoms with Gasteiger partial charge in [-0.25, -0.2) is 9.59 Å². The average Bonchev–Trinajstić information content (AvgIpc) is 3.18. The van der Waals surface area contributed by atoms with Crippen LogP contribution in [-0.4, -0.2) is 31.1 Å². The molecule has 1 aliphatic heterocycles. The van der Waals surface area contributed by atoms with Crippen molar-refractivity contribution in [3.05, 3.63) is 99.1 Å². The lowest BCUT2D eigenvalue weighted by Gasteiger charge is -2.24. The molecule has 0 aromatic heterocycles. The van der Waals surface area contributed by atoms with Gasteiger partial charge in [0.15, 0.2) is 23.7 Å². The van der Waals surface area contributed by atoms with Gasteiger partial charge in [-0.05, 0) is 30.3 Å². The number of carbonyl (C=O) groups excluding carboxylic acids is 2. The number of cyclic esters (lactones) is 1. The Morgan fingerprint density at radius 2 is 1.70 bits per heavy atom. The second-order valence-corrected chi connectivity index (χ2v) is 7.16. The number of benzene rings is 3. The van der Waals surface area contributed by atoms with Crippen molar-refractivity contribution >= 4 is 17.6 Å². The first kappa shape index (κ1) is 21.8. The Balaban J connectivity index is 1.73. The first-order chi connectivity index (χ1) is 15.9. The van der Waals surface area contributed by atoms with E-state index in [0.717, 1.165) is 0 Å². The van der Waals surface area contributed by atoms with Crippen LogP contribution in [0.15, 0.2) is 66.7 Å². The summed E-state index contributed by atoms with van der Waals surface area (Å²) in [6.45, 7) is 0. The molecule has 168 valence electrons. The van der Waals surface area contributed by atoms with E-state index in [1.165, 1.54) is 38.5 Å². The van der Waals surface area contributed by atoms with Crippen LogP contribution in [-0.2, 0) is 9.47 Å². The van der Waals surface area contributed by atoms with Gasteiger partial charge < -0.3 is 18.9 Å². The lowest BCUT2D eigenvalue weighted by atomic mass is 9.96. The molecule has 33 heavy (non-hydrogen) atoms. The molecule has 2 atom stereocenters. The van der Waals surface area contributed by atoms with E-state index in [-0.39, 0.29) is 11.3 Å². The van der Waals surface area contributed by atoms with Crippen molar-refractivity contribution in [1.82, 2.24) is 0 Å². The van der Waals surface area contributed by atoms with E-state index < -0.39 is 29.1 Å². The molecule has 4 rings (SSSR count). The Hall–Kier alpha value is -4.40. The number of hydrogen-bond donors (Lipinski definition) is 0. The van der Waals surface area contributed by atoms with Gasteiger partial charge in [0, 0.05) is 23.3 Å². The van der Waals surface area contributed by atoms with Crippen LogP contribution >= 0.6 is 0 Å². The summed E-state index contributed by atoms with van der Waals surface area (Å²) < 4.78 is 22.0. The molecule has 2 unspecified atom stereocenters. The molecular formula is C24H19NO8. The van der Waals surface area contributed by atoms with Crippen molar-refractivity contribution in [2.24, 2.45) is 0 Å². The molecule has 0 radical (unpaired) electrons. The molecule has 0 bridgehead atoms. The molecule has 3 aromatic carbocycles. The van der Waals surface area contributed by atoms with Gasteiger partial charge in [-0.2, -0.15) is 0 Å². The van der Waals surface area contributed by atoms with Gasteiger partial charge in [-0.15, -0.1) is 0 Å². The van der Waals surface area contributed by atoms with Gasteiger partial charge in [-0.1, -0.05) is 24.3 Å². The highest BCUT2D eigenvalue weighted by Gasteiger charge is 2.40. The predicted octanol–water partition coefficient (Wildman–Crippen LogP) is 4.42. The number of ether oxygens (including phenoxy) is 4. The molecule has 0 saturated heterocycles. The van der Waals surface area contributed by atoms with Crippen LogP contribution in [0, 0.1) is 10.1 Å². The van der Waals surface area contributed by atoms with Crippen LogP contribution in [0.5, 0.6) is 11.5 Å². The van der Waals surface area contributed by atoms with Crippen LogP contribution in [0.25, 0.3) is 0 Å². The molecule has 9 nitrogen and oxygen atoms in total. The summed E-state index contributed by atoms with van der Waals surface area (Å²) in [5, 5.41) is 10.9. The number of fused-ring (bicyclic) bond motifs is 1. The molecular weight excluding hydrogens is 430 g/mol. The summed E-state index contributed by atoms with van der Waals surface area (Å²) >= 11 is 0. The monoisotopic (exact) mass is 449 g/mol. The van der Waals surface area contributed by atoms with Crippen LogP contribution in [0.3, 0.4) is 0 Å². The van der Waals surface area contributed by atoms with Crippen molar-refractivity contribution in [2.75, 3.05) is 14.2 Å². The van der Waals surface area contributed by atoms with Crippen LogP contribution < -0.4 is 9.47 Å². The molecule has 0 N–H and O–H groups in total. The standard InChI is InChI=1S/C24H19NO8/c1-30-19-12-9-15(13-20(19)31-2)21(22-17-5-3-4-6-18(17)24(27)33-22)32-23(26)14-7-10-16(11-8-14)25(28)29/h3-13,21-22H,1-2H3. The number of rotatable bonds is 7. The zero-order valence-corrected chi connectivity index (χ0v) is 17.7. The van der Waals surface area contributed by atoms with E-state index in [9.17, 15) is 19.7 Å². The fourth-order valence-corrected chi connectivity index (χ4v) is 3.64. The lowest BCUT2D eigenvalue weighted by molar-refractivity contribution is -0.384. The maximum Gasteiger partial charge on any atom is 0.339 e. The Bertz CT molecular complexity index is 1220. The van der Waals surface area contributed by atoms with Gasteiger partial charge in [0.05, 0.1) is 30.3 Å². The minimum absolute atomic E-state index is 0.115. The summed E-state index contributed by atoms with van der Waals surface area (Å²) in [5.74, 6) is -0.368. The molecule has 9 heteroatoms. The van der Waals surface area contributed by atoms with E-state index >= 15 is 0 Å². The Kier molecular flexibility index (Phi) is 5.95. The fourth-order valence-electron chi connectivity index (χ4n) is 3.64. The van der Waals surface area contributed by atoms with Crippen molar-refractivity contribution in [3.8, 4) is 11.5 Å². The molecule has 0 spiro atoms. The average molecular weight is 449 g/mol. The Morgan fingerprint density at radius 1 is 1.00 bits per heavy atom. The van der Waals surface area contributed by atoms with Crippen molar-refractivity contribution in [3.63, 3.8) is 0 Å². The van der Waals surface area contributed by atoms with E-state index in [2.05, 4.69) is 0 Å². The Morgan fingerprint density at radius 3 is 2.36 bits per heavy atom. The molecule has 1 heterocycles. The van der Waals surface area contributed by atoms with E-state index in [1.807, 2.05) is 0 Å². The van der Waals surface area contributed by atoms with Gasteiger partial charge >= 0.3 is 11.9 Å². The SMILES string of the molecule is COc1ccc(C(OC(=O)c2ccc([N+](=O)[O-])cc2)C2OC(=O)c3ccccc32)cc1OC. The van der Waals surface area contributed by atoms with Gasteiger partial charge in [0.25, 0.3) is 5.69 Å². The number of non-ortho nitro benzene ring substituents is 1. The topological polar surface area (TPSA) is 114 Å². The van der Waals surface area contributed by atoms with Crippen molar-refractivity contribution in [2.45, 2.75) is 12.2 Å². The molecule has 0 saturated carbocycles. The predicted molar refractivity (Wildman–Crippen MR) is 115 cm³/mol. The number of methoxy groups -OCH3 is 2. The zero-order valence-electron chi connectivity index (χ0n) is 17.7. The number of hydrogen-bond acceptors (Lipinski definition) is 8. The quantitative estimate of drug-likeness (QED) is 0.296. The Labute approximate surface area is 188 Å². The second-order valence-electron chi connectivity index (χ2n) is 7.16. The molecule has 1 aliphatic rings. The van der Waals surface area contributed by atoms with Gasteiger partial charge in [0.1, 0.15) is 0 Å². The summed E-state index contributed by atoms with van der Waals surface area (Å²) in [6.07, 6.45) is -1.91. The fraction of sp³-hybridized carbons (Fsp3) is 0.167. The summed E-state index contributed by atoms with van der Waals surface area (Å²) in [4.78, 5) is 35.7. The number of esters is 2. The third-order valence-corrected chi connectivity index (χ3v) is 5.28. The van der Waals surface area contributed by atoms with Gasteiger partial charge in [0.2, 0.25) is 0 Å². The maximum atomic E-state index is 12.9. The molecule has 0 fully saturated rings. The highest BCUT2D eigenvalue weighted by Crippen LogP contribution is 2.43. The third-order valence-electron chi connectivity index (χ3n) is 5.28. The van der Waals surface area contributed by atoms with Crippen LogP contribution in [0.1, 0.15) is 44.1 Å². The van der Waals surface area contributed by atoms with Crippen molar-refractivity contribution in [1.29, 1.82) is 0 Å². The van der Waals surface area contributed by atoms with E-state index in [4.69, 9.17) is 18.9 Å². The highest BCUT2D eigenvalue weighted by atomic mass is 16.6. The number of nitro benzene ring substituents is 1. The minimum atomic E-state index is -1.01. The number of carbonyl (C=O) groups is 2. The first-order valence-corrected chi connectivity index (χ1v) is 9.90. The number of nitrogens with zero attached hydrogens (tertiary/aromatic N) is 1.